The van der Waals surface area contributed by atoms with Crippen LogP contribution in [-0.4, -0.2) is 23.3 Å². The van der Waals surface area contributed by atoms with E-state index >= 15 is 0 Å². The molecule has 1 aromatic carbocycles. The first-order valence-corrected chi connectivity index (χ1v) is 8.50. The minimum atomic E-state index is 0.554. The van der Waals surface area contributed by atoms with Crippen LogP contribution in [0.25, 0.3) is 0 Å². The summed E-state index contributed by atoms with van der Waals surface area (Å²) in [5, 5.41) is 3.76. The molecule has 1 heterocycles. The Morgan fingerprint density at radius 2 is 2.29 bits per heavy atom. The fraction of sp³-hybridized carbons (Fsp3) is 0.571. The van der Waals surface area contributed by atoms with Gasteiger partial charge in [-0.05, 0) is 36.5 Å². The molecule has 17 heavy (non-hydrogen) atoms. The Labute approximate surface area is 113 Å². The number of rotatable bonds is 6. The molecular weight excluding hydrogens is 246 g/mol. The van der Waals surface area contributed by atoms with Crippen LogP contribution in [0.5, 0.6) is 0 Å². The van der Waals surface area contributed by atoms with Crippen LogP contribution in [0.15, 0.2) is 29.2 Å². The normalized spacial score (nSPS) is 20.2. The van der Waals surface area contributed by atoms with Gasteiger partial charge in [0.15, 0.2) is 0 Å². The summed E-state index contributed by atoms with van der Waals surface area (Å²) < 4.78 is 0. The predicted octanol–water partition coefficient (Wildman–Crippen LogP) is 3.95. The smallest absolute Gasteiger partial charge is 0.0428 e. The summed E-state index contributed by atoms with van der Waals surface area (Å²) in [4.78, 5) is 1.46. The van der Waals surface area contributed by atoms with Crippen molar-refractivity contribution in [3.8, 4) is 0 Å². The van der Waals surface area contributed by atoms with Crippen molar-refractivity contribution >= 4 is 23.5 Å². The highest BCUT2D eigenvalue weighted by atomic mass is 32.2. The van der Waals surface area contributed by atoms with Gasteiger partial charge in [0.25, 0.3) is 0 Å². The van der Waals surface area contributed by atoms with Crippen molar-refractivity contribution in [3.63, 3.8) is 0 Å². The van der Waals surface area contributed by atoms with Gasteiger partial charge in [-0.3, -0.25) is 0 Å². The van der Waals surface area contributed by atoms with Crippen molar-refractivity contribution in [1.82, 2.24) is 5.32 Å². The van der Waals surface area contributed by atoms with Gasteiger partial charge < -0.3 is 5.32 Å². The van der Waals surface area contributed by atoms with E-state index in [0.717, 1.165) is 0 Å². The molecule has 0 saturated heterocycles. The molecule has 1 aromatic rings. The molecular formula is C14H21NS2. The van der Waals surface area contributed by atoms with E-state index in [9.17, 15) is 0 Å². The molecule has 0 amide bonds. The molecule has 0 spiro atoms. The Bertz CT molecular complexity index is 354. The lowest BCUT2D eigenvalue weighted by molar-refractivity contribution is 0.477. The van der Waals surface area contributed by atoms with E-state index in [-0.39, 0.29) is 0 Å². The maximum Gasteiger partial charge on any atom is 0.0428 e. The lowest BCUT2D eigenvalue weighted by Gasteiger charge is -2.19. The van der Waals surface area contributed by atoms with Crippen molar-refractivity contribution in [1.29, 1.82) is 0 Å². The van der Waals surface area contributed by atoms with E-state index in [1.54, 1.807) is 0 Å². The van der Waals surface area contributed by atoms with Crippen molar-refractivity contribution in [2.45, 2.75) is 37.2 Å². The molecule has 0 bridgehead atoms. The first kappa shape index (κ1) is 13.3. The molecule has 0 saturated carbocycles. The Kier molecular flexibility index (Phi) is 5.26. The third-order valence-electron chi connectivity index (χ3n) is 3.08. The summed E-state index contributed by atoms with van der Waals surface area (Å²) in [6, 6.07) is 9.95. The SMILES string of the molecule is CCSCCC(C)NC1CSc2ccccc21. The van der Waals surface area contributed by atoms with Crippen LogP contribution >= 0.6 is 23.5 Å². The third-order valence-corrected chi connectivity index (χ3v) is 5.20. The summed E-state index contributed by atoms with van der Waals surface area (Å²) in [7, 11) is 0. The second kappa shape index (κ2) is 6.72. The average molecular weight is 267 g/mol. The van der Waals surface area contributed by atoms with Gasteiger partial charge in [-0.1, -0.05) is 25.1 Å². The van der Waals surface area contributed by atoms with Gasteiger partial charge >= 0.3 is 0 Å². The topological polar surface area (TPSA) is 12.0 Å². The lowest BCUT2D eigenvalue weighted by Crippen LogP contribution is -2.31. The van der Waals surface area contributed by atoms with Crippen molar-refractivity contribution in [2.75, 3.05) is 17.3 Å². The number of hydrogen-bond acceptors (Lipinski definition) is 3. The second-order valence-corrected chi connectivity index (χ2v) is 6.91. The average Bonchev–Trinajstić information content (AvgIpc) is 2.73. The first-order valence-electron chi connectivity index (χ1n) is 6.36. The monoisotopic (exact) mass is 267 g/mol. The summed E-state index contributed by atoms with van der Waals surface area (Å²) >= 11 is 4.01. The van der Waals surface area contributed by atoms with Crippen LogP contribution in [0.4, 0.5) is 0 Å². The quantitative estimate of drug-likeness (QED) is 0.784. The predicted molar refractivity (Wildman–Crippen MR) is 80.1 cm³/mol. The van der Waals surface area contributed by atoms with Crippen molar-refractivity contribution < 1.29 is 0 Å². The van der Waals surface area contributed by atoms with Crippen LogP contribution in [-0.2, 0) is 0 Å². The molecule has 0 radical (unpaired) electrons. The molecule has 3 heteroatoms. The van der Waals surface area contributed by atoms with Gasteiger partial charge in [0, 0.05) is 22.7 Å². The van der Waals surface area contributed by atoms with E-state index in [0.29, 0.717) is 12.1 Å². The summed E-state index contributed by atoms with van der Waals surface area (Å²) in [6.45, 7) is 4.54. The number of hydrogen-bond donors (Lipinski definition) is 1. The molecule has 1 nitrogen and oxygen atoms in total. The van der Waals surface area contributed by atoms with Crippen LogP contribution in [0.1, 0.15) is 31.9 Å². The number of fused-ring (bicyclic) bond motifs is 1. The molecule has 0 fully saturated rings. The molecule has 1 aliphatic rings. The van der Waals surface area contributed by atoms with Crippen LogP contribution in [0, 0.1) is 0 Å². The maximum atomic E-state index is 3.76. The highest BCUT2D eigenvalue weighted by Crippen LogP contribution is 2.37. The number of benzene rings is 1. The van der Waals surface area contributed by atoms with Gasteiger partial charge in [0.1, 0.15) is 0 Å². The summed E-state index contributed by atoms with van der Waals surface area (Å²) in [5.41, 5.74) is 1.49. The number of thioether (sulfide) groups is 2. The molecule has 2 unspecified atom stereocenters. The van der Waals surface area contributed by atoms with Gasteiger partial charge in [-0.2, -0.15) is 11.8 Å². The molecule has 2 rings (SSSR count). The molecule has 2 atom stereocenters. The molecule has 1 aliphatic heterocycles. The minimum Gasteiger partial charge on any atom is -0.307 e. The van der Waals surface area contributed by atoms with E-state index in [4.69, 9.17) is 0 Å². The van der Waals surface area contributed by atoms with Crippen molar-refractivity contribution in [2.24, 2.45) is 0 Å². The van der Waals surface area contributed by atoms with E-state index < -0.39 is 0 Å². The van der Waals surface area contributed by atoms with Crippen LogP contribution in [0.3, 0.4) is 0 Å². The van der Waals surface area contributed by atoms with E-state index in [1.807, 2.05) is 23.5 Å². The Hall–Kier alpha value is -0.120. The fourth-order valence-corrected chi connectivity index (χ4v) is 4.11. The number of nitrogens with one attached hydrogen (secondary N) is 1. The standard InChI is InChI=1S/C14H21NS2/c1-3-16-9-8-11(2)15-13-10-17-14-7-5-4-6-12(13)14/h4-7,11,13,15H,3,8-10H2,1-2H3. The van der Waals surface area contributed by atoms with Crippen molar-refractivity contribution in [3.05, 3.63) is 29.8 Å². The minimum absolute atomic E-state index is 0.554. The zero-order valence-corrected chi connectivity index (χ0v) is 12.2. The highest BCUT2D eigenvalue weighted by Gasteiger charge is 2.23. The Morgan fingerprint density at radius 1 is 1.47 bits per heavy atom. The molecule has 1 N–H and O–H groups in total. The van der Waals surface area contributed by atoms with E-state index in [2.05, 4.69) is 43.4 Å². The third kappa shape index (κ3) is 3.67. The Morgan fingerprint density at radius 3 is 3.12 bits per heavy atom. The van der Waals surface area contributed by atoms with Crippen LogP contribution < -0.4 is 5.32 Å². The molecule has 94 valence electrons. The molecule has 0 aromatic heterocycles. The first-order chi connectivity index (χ1) is 8.31. The molecule has 0 aliphatic carbocycles. The highest BCUT2D eigenvalue weighted by molar-refractivity contribution is 7.99. The van der Waals surface area contributed by atoms with Gasteiger partial charge in [0.05, 0.1) is 0 Å². The van der Waals surface area contributed by atoms with Gasteiger partial charge in [0.2, 0.25) is 0 Å². The van der Waals surface area contributed by atoms with Gasteiger partial charge in [-0.25, -0.2) is 0 Å². The second-order valence-electron chi connectivity index (χ2n) is 4.45. The summed E-state index contributed by atoms with van der Waals surface area (Å²) in [5.74, 6) is 3.69. The van der Waals surface area contributed by atoms with E-state index in [1.165, 1.54) is 34.1 Å². The van der Waals surface area contributed by atoms with Gasteiger partial charge in [-0.15, -0.1) is 11.8 Å². The largest absolute Gasteiger partial charge is 0.307 e. The zero-order valence-electron chi connectivity index (χ0n) is 10.6. The zero-order chi connectivity index (χ0) is 12.1. The lowest BCUT2D eigenvalue weighted by atomic mass is 10.1. The fourth-order valence-electron chi connectivity index (χ4n) is 2.13. The van der Waals surface area contributed by atoms with Crippen LogP contribution in [0.2, 0.25) is 0 Å². The maximum absolute atomic E-state index is 3.76. The summed E-state index contributed by atoms with van der Waals surface area (Å²) in [6.07, 6.45) is 1.27. The Balaban J connectivity index is 1.84.